The van der Waals surface area contributed by atoms with Crippen LogP contribution in [0.15, 0.2) is 77.5 Å². The molecule has 23 heavy (non-hydrogen) atoms. The van der Waals surface area contributed by atoms with Crippen LogP contribution in [0.3, 0.4) is 0 Å². The van der Waals surface area contributed by atoms with Crippen molar-refractivity contribution in [2.75, 3.05) is 10.6 Å². The van der Waals surface area contributed by atoms with Gasteiger partial charge in [0.05, 0.1) is 0 Å². The molecular formula is C19H16N2OS. The molecule has 114 valence electrons. The average Bonchev–Trinajstić information content (AvgIpc) is 3.09. The molecule has 2 aromatic carbocycles. The molecule has 0 aliphatic rings. The summed E-state index contributed by atoms with van der Waals surface area (Å²) < 4.78 is 0. The van der Waals surface area contributed by atoms with Crippen molar-refractivity contribution in [3.05, 3.63) is 83.1 Å². The zero-order valence-electron chi connectivity index (χ0n) is 12.4. The van der Waals surface area contributed by atoms with Crippen LogP contribution < -0.4 is 10.6 Å². The van der Waals surface area contributed by atoms with Crippen molar-refractivity contribution in [3.8, 4) is 0 Å². The number of thiophene rings is 1. The molecule has 1 heterocycles. The number of carbonyl (C=O) groups is 1. The molecule has 0 saturated heterocycles. The topological polar surface area (TPSA) is 46.3 Å². The Morgan fingerprint density at radius 1 is 0.957 bits per heavy atom. The van der Waals surface area contributed by atoms with Crippen molar-refractivity contribution >= 4 is 40.4 Å². The van der Waals surface area contributed by atoms with Crippen LogP contribution in [0.25, 0.3) is 6.08 Å². The van der Waals surface area contributed by atoms with Gasteiger partial charge >= 0.3 is 0 Å². The molecule has 0 bridgehead atoms. The van der Waals surface area contributed by atoms with E-state index in [2.05, 4.69) is 0 Å². The van der Waals surface area contributed by atoms with Gasteiger partial charge in [-0.05, 0) is 64.9 Å². The Bertz CT molecular complexity index is 793. The van der Waals surface area contributed by atoms with E-state index in [9.17, 15) is 4.79 Å². The monoisotopic (exact) mass is 320 g/mol. The predicted octanol–water partition coefficient (Wildman–Crippen LogP) is 4.71. The number of carbonyl (C=O) groups excluding carboxylic acids is 1. The normalized spacial score (nSPS) is 10.8. The van der Waals surface area contributed by atoms with Crippen LogP contribution in [-0.4, -0.2) is 5.91 Å². The number of anilines is 3. The molecule has 0 unspecified atom stereocenters. The van der Waals surface area contributed by atoms with Crippen LogP contribution in [0.5, 0.6) is 0 Å². The molecule has 0 spiro atoms. The van der Waals surface area contributed by atoms with Crippen LogP contribution in [0.4, 0.5) is 17.1 Å². The van der Waals surface area contributed by atoms with Crippen molar-refractivity contribution in [1.29, 1.82) is 0 Å². The molecular weight excluding hydrogens is 304 g/mol. The Labute approximate surface area is 139 Å². The van der Waals surface area contributed by atoms with Gasteiger partial charge in [-0.25, -0.2) is 0 Å². The molecule has 3 rings (SSSR count). The van der Waals surface area contributed by atoms with Gasteiger partial charge in [0.1, 0.15) is 0 Å². The molecule has 3 nitrogen and oxygen atoms in total. The largest absolute Gasteiger partial charge is 0.399 e. The smallest absolute Gasteiger partial charge is 0.255 e. The molecule has 2 N–H and O–H groups in total. The van der Waals surface area contributed by atoms with E-state index in [0.29, 0.717) is 5.69 Å². The lowest BCUT2D eigenvalue weighted by Gasteiger charge is -2.21. The van der Waals surface area contributed by atoms with Crippen LogP contribution in [0, 0.1) is 0 Å². The first-order chi connectivity index (χ1) is 11.2. The fraction of sp³-hybridized carbons (Fsp3) is 0. The maximum Gasteiger partial charge on any atom is 0.255 e. The quantitative estimate of drug-likeness (QED) is 0.559. The summed E-state index contributed by atoms with van der Waals surface area (Å²) in [4.78, 5) is 14.4. The first-order valence-corrected chi connectivity index (χ1v) is 8.13. The van der Waals surface area contributed by atoms with Gasteiger partial charge in [-0.1, -0.05) is 18.2 Å². The molecule has 4 heteroatoms. The zero-order valence-corrected chi connectivity index (χ0v) is 13.2. The number of hydrogen-bond donors (Lipinski definition) is 1. The summed E-state index contributed by atoms with van der Waals surface area (Å²) in [5, 5.41) is 3.99. The fourth-order valence-corrected chi connectivity index (χ4v) is 2.84. The third-order valence-electron chi connectivity index (χ3n) is 3.35. The third-order valence-corrected chi connectivity index (χ3v) is 4.05. The minimum absolute atomic E-state index is 0.104. The number of nitrogen functional groups attached to an aromatic ring is 1. The number of benzene rings is 2. The van der Waals surface area contributed by atoms with Gasteiger partial charge in [-0.2, -0.15) is 11.3 Å². The summed E-state index contributed by atoms with van der Waals surface area (Å²) in [6, 6.07) is 18.8. The summed E-state index contributed by atoms with van der Waals surface area (Å²) in [5.74, 6) is -0.104. The van der Waals surface area contributed by atoms with Gasteiger partial charge in [0.2, 0.25) is 0 Å². The van der Waals surface area contributed by atoms with E-state index in [1.54, 1.807) is 34.4 Å². The Balaban J connectivity index is 1.95. The predicted molar refractivity (Wildman–Crippen MR) is 97.8 cm³/mol. The summed E-state index contributed by atoms with van der Waals surface area (Å²) in [6.07, 6.45) is 3.41. The molecule has 3 aromatic rings. The fourth-order valence-electron chi connectivity index (χ4n) is 2.22. The number of amides is 1. The highest BCUT2D eigenvalue weighted by atomic mass is 32.1. The molecule has 0 aliphatic heterocycles. The van der Waals surface area contributed by atoms with E-state index in [1.807, 2.05) is 65.4 Å². The molecule has 0 atom stereocenters. The minimum atomic E-state index is -0.104. The lowest BCUT2D eigenvalue weighted by Crippen LogP contribution is -2.23. The number of rotatable bonds is 4. The van der Waals surface area contributed by atoms with Gasteiger partial charge in [-0.15, -0.1) is 0 Å². The minimum Gasteiger partial charge on any atom is -0.399 e. The second kappa shape index (κ2) is 6.94. The van der Waals surface area contributed by atoms with Crippen molar-refractivity contribution < 1.29 is 4.79 Å². The van der Waals surface area contributed by atoms with Crippen LogP contribution in [0.1, 0.15) is 5.56 Å². The first-order valence-electron chi connectivity index (χ1n) is 7.19. The number of para-hydroxylation sites is 1. The molecule has 0 radical (unpaired) electrons. The van der Waals surface area contributed by atoms with Gasteiger partial charge < -0.3 is 5.73 Å². The van der Waals surface area contributed by atoms with Gasteiger partial charge in [-0.3, -0.25) is 9.69 Å². The van der Waals surface area contributed by atoms with Crippen LogP contribution in [-0.2, 0) is 4.79 Å². The maximum absolute atomic E-state index is 12.7. The summed E-state index contributed by atoms with van der Waals surface area (Å²) in [7, 11) is 0. The SMILES string of the molecule is Nc1ccc(N(C(=O)/C=C/c2ccsc2)c2ccccc2)cc1. The van der Waals surface area contributed by atoms with E-state index in [1.165, 1.54) is 0 Å². The van der Waals surface area contributed by atoms with Crippen LogP contribution in [0.2, 0.25) is 0 Å². The lowest BCUT2D eigenvalue weighted by atomic mass is 10.2. The average molecular weight is 320 g/mol. The second-order valence-corrected chi connectivity index (χ2v) is 5.77. The summed E-state index contributed by atoms with van der Waals surface area (Å²) in [5.41, 5.74) is 9.04. The summed E-state index contributed by atoms with van der Waals surface area (Å²) in [6.45, 7) is 0. The Hall–Kier alpha value is -2.85. The van der Waals surface area contributed by atoms with Crippen molar-refractivity contribution in [2.45, 2.75) is 0 Å². The highest BCUT2D eigenvalue weighted by Crippen LogP contribution is 2.26. The van der Waals surface area contributed by atoms with Gasteiger partial charge in [0.15, 0.2) is 0 Å². The zero-order chi connectivity index (χ0) is 16.1. The Morgan fingerprint density at radius 2 is 1.65 bits per heavy atom. The molecule has 1 aromatic heterocycles. The van der Waals surface area contributed by atoms with E-state index in [0.717, 1.165) is 16.9 Å². The van der Waals surface area contributed by atoms with Gasteiger partial charge in [0, 0.05) is 23.1 Å². The highest BCUT2D eigenvalue weighted by Gasteiger charge is 2.15. The van der Waals surface area contributed by atoms with E-state index in [4.69, 9.17) is 5.73 Å². The van der Waals surface area contributed by atoms with Crippen LogP contribution >= 0.6 is 11.3 Å². The highest BCUT2D eigenvalue weighted by molar-refractivity contribution is 7.08. The van der Waals surface area contributed by atoms with E-state index < -0.39 is 0 Å². The van der Waals surface area contributed by atoms with Crippen molar-refractivity contribution in [2.24, 2.45) is 0 Å². The summed E-state index contributed by atoms with van der Waals surface area (Å²) >= 11 is 1.60. The molecule has 0 fully saturated rings. The Morgan fingerprint density at radius 3 is 2.30 bits per heavy atom. The van der Waals surface area contributed by atoms with E-state index in [-0.39, 0.29) is 5.91 Å². The van der Waals surface area contributed by atoms with E-state index >= 15 is 0 Å². The molecule has 1 amide bonds. The number of nitrogens with zero attached hydrogens (tertiary/aromatic N) is 1. The number of nitrogens with two attached hydrogens (primary N) is 1. The lowest BCUT2D eigenvalue weighted by molar-refractivity contribution is -0.113. The molecule has 0 saturated carbocycles. The first kappa shape index (κ1) is 15.1. The maximum atomic E-state index is 12.7. The Kier molecular flexibility index (Phi) is 4.54. The van der Waals surface area contributed by atoms with Crippen molar-refractivity contribution in [3.63, 3.8) is 0 Å². The van der Waals surface area contributed by atoms with Gasteiger partial charge in [0.25, 0.3) is 5.91 Å². The standard InChI is InChI=1S/C19H16N2OS/c20-16-7-9-18(10-8-16)21(17-4-2-1-3-5-17)19(22)11-6-15-12-13-23-14-15/h1-14H,20H2/b11-6+. The molecule has 0 aliphatic carbocycles. The second-order valence-electron chi connectivity index (χ2n) is 4.99. The number of hydrogen-bond acceptors (Lipinski definition) is 3. The van der Waals surface area contributed by atoms with Crippen molar-refractivity contribution in [1.82, 2.24) is 0 Å². The third kappa shape index (κ3) is 3.67.